The van der Waals surface area contributed by atoms with Crippen molar-refractivity contribution in [3.05, 3.63) is 0 Å². The minimum absolute atomic E-state index is 0.369. The number of carbonyl (C=O) groups excluding carboxylic acids is 1. The Morgan fingerprint density at radius 2 is 2.13 bits per heavy atom. The highest BCUT2D eigenvalue weighted by Gasteiger charge is 2.17. The summed E-state index contributed by atoms with van der Waals surface area (Å²) < 4.78 is 0. The molecule has 15 heavy (non-hydrogen) atoms. The number of nitrogens with one attached hydrogen (secondary N) is 2. The van der Waals surface area contributed by atoms with Crippen molar-refractivity contribution in [2.75, 3.05) is 13.2 Å². The molecule has 0 radical (unpaired) electrons. The number of amides is 2. The summed E-state index contributed by atoms with van der Waals surface area (Å²) in [5, 5.41) is 21.6. The number of hydrogen-bond acceptors (Lipinski definition) is 3. The first-order chi connectivity index (χ1) is 7.11. The quantitative estimate of drug-likeness (QED) is 0.341. The molecule has 0 saturated heterocycles. The minimum Gasteiger partial charge on any atom is -0.480 e. The van der Waals surface area contributed by atoms with Crippen LogP contribution in [0.2, 0.25) is 0 Å². The zero-order valence-corrected chi connectivity index (χ0v) is 8.19. The first kappa shape index (κ1) is 13.3. The number of carboxylic acid groups (broad SMARTS) is 1. The number of urea groups is 1. The van der Waals surface area contributed by atoms with Crippen LogP contribution in [0.15, 0.2) is 0 Å². The van der Waals surface area contributed by atoms with Gasteiger partial charge in [0.05, 0.1) is 6.61 Å². The Morgan fingerprint density at radius 1 is 1.47 bits per heavy atom. The number of rotatable bonds is 6. The Hall–Kier alpha value is -1.74. The molecule has 6 nitrogen and oxygen atoms in total. The Morgan fingerprint density at radius 3 is 2.60 bits per heavy atom. The van der Waals surface area contributed by atoms with E-state index in [0.29, 0.717) is 19.4 Å². The summed E-state index contributed by atoms with van der Waals surface area (Å²) in [5.41, 5.74) is 0. The minimum atomic E-state index is -1.28. The fourth-order valence-electron chi connectivity index (χ4n) is 0.787. The van der Waals surface area contributed by atoms with Gasteiger partial charge in [-0.15, -0.1) is 12.3 Å². The third-order valence-electron chi connectivity index (χ3n) is 1.57. The largest absolute Gasteiger partial charge is 0.480 e. The first-order valence-electron chi connectivity index (χ1n) is 4.43. The highest BCUT2D eigenvalue weighted by atomic mass is 16.4. The number of carboxylic acids is 1. The maximum Gasteiger partial charge on any atom is 0.328 e. The maximum absolute atomic E-state index is 11.0. The lowest BCUT2D eigenvalue weighted by Crippen LogP contribution is -2.48. The summed E-state index contributed by atoms with van der Waals surface area (Å²) in [5.74, 6) is 1.12. The second kappa shape index (κ2) is 7.64. The van der Waals surface area contributed by atoms with Gasteiger partial charge in [0.15, 0.2) is 6.04 Å². The fraction of sp³-hybridized carbons (Fsp3) is 0.556. The summed E-state index contributed by atoms with van der Waals surface area (Å²) in [4.78, 5) is 21.4. The van der Waals surface area contributed by atoms with Crippen LogP contribution in [0.3, 0.4) is 0 Å². The van der Waals surface area contributed by atoms with Gasteiger partial charge in [-0.1, -0.05) is 0 Å². The molecule has 2 amide bonds. The molecule has 0 aliphatic heterocycles. The van der Waals surface area contributed by atoms with Crippen LogP contribution in [0.1, 0.15) is 12.8 Å². The highest BCUT2D eigenvalue weighted by molar-refractivity contribution is 5.82. The predicted octanol–water partition coefficient (Wildman–Crippen LogP) is -0.856. The lowest BCUT2D eigenvalue weighted by atomic mass is 10.3. The standard InChI is InChI=1S/C9H14N2O4/c1-2-3-4-5-10-9(15)11-7(6-12)8(13)14/h1,7,12H,3-6H2,(H,13,14)(H2,10,11,15). The van der Waals surface area contributed by atoms with E-state index in [1.165, 1.54) is 0 Å². The third-order valence-corrected chi connectivity index (χ3v) is 1.57. The molecule has 0 spiro atoms. The van der Waals surface area contributed by atoms with Crippen molar-refractivity contribution in [1.29, 1.82) is 0 Å². The molecule has 6 heteroatoms. The monoisotopic (exact) mass is 214 g/mol. The van der Waals surface area contributed by atoms with Gasteiger partial charge in [-0.05, 0) is 6.42 Å². The molecule has 0 aromatic heterocycles. The van der Waals surface area contributed by atoms with Crippen LogP contribution in [0.5, 0.6) is 0 Å². The summed E-state index contributed by atoms with van der Waals surface area (Å²) >= 11 is 0. The topological polar surface area (TPSA) is 98.7 Å². The molecular weight excluding hydrogens is 200 g/mol. The van der Waals surface area contributed by atoms with Gasteiger partial charge < -0.3 is 20.8 Å². The number of hydrogen-bond donors (Lipinski definition) is 4. The first-order valence-corrected chi connectivity index (χ1v) is 4.43. The highest BCUT2D eigenvalue weighted by Crippen LogP contribution is 1.85. The molecule has 0 saturated carbocycles. The zero-order chi connectivity index (χ0) is 11.7. The van der Waals surface area contributed by atoms with Crippen LogP contribution in [-0.4, -0.2) is 41.4 Å². The Labute approximate surface area is 87.7 Å². The van der Waals surface area contributed by atoms with Gasteiger partial charge in [0.2, 0.25) is 0 Å². The second-order valence-corrected chi connectivity index (χ2v) is 2.78. The van der Waals surface area contributed by atoms with Crippen LogP contribution in [0.4, 0.5) is 4.79 Å². The molecule has 0 aromatic carbocycles. The van der Waals surface area contributed by atoms with Crippen molar-refractivity contribution < 1.29 is 19.8 Å². The van der Waals surface area contributed by atoms with E-state index in [-0.39, 0.29) is 0 Å². The number of aliphatic hydroxyl groups excluding tert-OH is 1. The fourth-order valence-corrected chi connectivity index (χ4v) is 0.787. The Bertz CT molecular complexity index is 259. The van der Waals surface area contributed by atoms with Gasteiger partial charge >= 0.3 is 12.0 Å². The van der Waals surface area contributed by atoms with Crippen molar-refractivity contribution in [2.45, 2.75) is 18.9 Å². The number of carbonyl (C=O) groups is 2. The van der Waals surface area contributed by atoms with Gasteiger partial charge in [0.1, 0.15) is 0 Å². The van der Waals surface area contributed by atoms with E-state index in [1.807, 2.05) is 0 Å². The smallest absolute Gasteiger partial charge is 0.328 e. The number of aliphatic carboxylic acids is 1. The molecule has 0 bridgehead atoms. The van der Waals surface area contributed by atoms with E-state index in [9.17, 15) is 9.59 Å². The van der Waals surface area contributed by atoms with Crippen LogP contribution in [0, 0.1) is 12.3 Å². The van der Waals surface area contributed by atoms with Gasteiger partial charge in [0.25, 0.3) is 0 Å². The van der Waals surface area contributed by atoms with Crippen LogP contribution in [0.25, 0.3) is 0 Å². The van der Waals surface area contributed by atoms with Crippen molar-refractivity contribution in [1.82, 2.24) is 10.6 Å². The number of terminal acetylenes is 1. The van der Waals surface area contributed by atoms with E-state index in [0.717, 1.165) is 0 Å². The van der Waals surface area contributed by atoms with Crippen LogP contribution in [-0.2, 0) is 4.79 Å². The van der Waals surface area contributed by atoms with Gasteiger partial charge in [-0.25, -0.2) is 9.59 Å². The molecule has 0 rings (SSSR count). The van der Waals surface area contributed by atoms with E-state index in [1.54, 1.807) is 0 Å². The number of aliphatic hydroxyl groups is 1. The summed E-state index contributed by atoms with van der Waals surface area (Å²) in [6.07, 6.45) is 6.17. The molecule has 0 heterocycles. The molecule has 1 atom stereocenters. The normalized spacial score (nSPS) is 11.2. The lowest BCUT2D eigenvalue weighted by Gasteiger charge is -2.12. The van der Waals surface area contributed by atoms with Crippen molar-refractivity contribution in [3.63, 3.8) is 0 Å². The summed E-state index contributed by atoms with van der Waals surface area (Å²) in [7, 11) is 0. The van der Waals surface area contributed by atoms with Crippen molar-refractivity contribution >= 4 is 12.0 Å². The zero-order valence-electron chi connectivity index (χ0n) is 8.19. The molecular formula is C9H14N2O4. The van der Waals surface area contributed by atoms with E-state index in [4.69, 9.17) is 16.6 Å². The maximum atomic E-state index is 11.0. The number of unbranched alkanes of at least 4 members (excludes halogenated alkanes) is 1. The summed E-state index contributed by atoms with van der Waals surface area (Å²) in [6.45, 7) is -0.277. The van der Waals surface area contributed by atoms with Crippen molar-refractivity contribution in [3.8, 4) is 12.3 Å². The van der Waals surface area contributed by atoms with Crippen LogP contribution >= 0.6 is 0 Å². The van der Waals surface area contributed by atoms with Crippen molar-refractivity contribution in [2.24, 2.45) is 0 Å². The van der Waals surface area contributed by atoms with Gasteiger partial charge in [0, 0.05) is 13.0 Å². The Kier molecular flexibility index (Phi) is 6.76. The molecule has 4 N–H and O–H groups in total. The summed E-state index contributed by atoms with van der Waals surface area (Å²) in [6, 6.07) is -1.91. The molecule has 0 aromatic rings. The predicted molar refractivity (Wildman–Crippen MR) is 53.1 cm³/mol. The van der Waals surface area contributed by atoms with Gasteiger partial charge in [-0.3, -0.25) is 0 Å². The van der Waals surface area contributed by atoms with Gasteiger partial charge in [-0.2, -0.15) is 0 Å². The molecule has 1 unspecified atom stereocenters. The molecule has 84 valence electrons. The molecule has 0 aliphatic carbocycles. The molecule has 0 aliphatic rings. The average Bonchev–Trinajstić information content (AvgIpc) is 2.20. The third kappa shape index (κ3) is 6.35. The SMILES string of the molecule is C#CCCCNC(=O)NC(CO)C(=O)O. The second-order valence-electron chi connectivity index (χ2n) is 2.78. The Balaban J connectivity index is 3.73. The van der Waals surface area contributed by atoms with Crippen LogP contribution < -0.4 is 10.6 Å². The van der Waals surface area contributed by atoms with E-state index in [2.05, 4.69) is 16.6 Å². The lowest BCUT2D eigenvalue weighted by molar-refractivity contribution is -0.140. The van der Waals surface area contributed by atoms with E-state index < -0.39 is 24.6 Å². The average molecular weight is 214 g/mol. The van der Waals surface area contributed by atoms with E-state index >= 15 is 0 Å². The molecule has 0 fully saturated rings.